The van der Waals surface area contributed by atoms with E-state index in [-0.39, 0.29) is 17.6 Å². The maximum atomic E-state index is 11.9. The third-order valence-corrected chi connectivity index (χ3v) is 2.98. The standard InChI is InChI=1S/C13H23NO3/c1-12(2,3)17-11(16)14-7-6-13(4,5)8-10(14)9-15/h9-10H,6-8H2,1-5H3. The summed E-state index contributed by atoms with van der Waals surface area (Å²) in [5.41, 5.74) is -0.401. The van der Waals surface area contributed by atoms with Crippen LogP contribution in [0, 0.1) is 5.41 Å². The van der Waals surface area contributed by atoms with E-state index in [1.165, 1.54) is 0 Å². The topological polar surface area (TPSA) is 46.6 Å². The first-order valence-corrected chi connectivity index (χ1v) is 6.09. The molecule has 0 saturated carbocycles. The van der Waals surface area contributed by atoms with Crippen molar-refractivity contribution in [3.8, 4) is 0 Å². The highest BCUT2D eigenvalue weighted by Gasteiger charge is 2.37. The fourth-order valence-electron chi connectivity index (χ4n) is 2.04. The van der Waals surface area contributed by atoms with Crippen molar-refractivity contribution in [3.05, 3.63) is 0 Å². The summed E-state index contributed by atoms with van der Waals surface area (Å²) in [5.74, 6) is 0. The van der Waals surface area contributed by atoms with Crippen LogP contribution in [0.15, 0.2) is 0 Å². The lowest BCUT2D eigenvalue weighted by atomic mass is 9.79. The quantitative estimate of drug-likeness (QED) is 0.663. The number of hydrogen-bond acceptors (Lipinski definition) is 3. The predicted octanol–water partition coefficient (Wildman–Crippen LogP) is 2.61. The van der Waals surface area contributed by atoms with Crippen molar-refractivity contribution in [2.24, 2.45) is 5.41 Å². The zero-order valence-corrected chi connectivity index (χ0v) is 11.4. The molecule has 4 heteroatoms. The average molecular weight is 241 g/mol. The summed E-state index contributed by atoms with van der Waals surface area (Å²) in [4.78, 5) is 24.6. The van der Waals surface area contributed by atoms with Gasteiger partial charge in [-0.25, -0.2) is 4.79 Å². The van der Waals surface area contributed by atoms with Gasteiger partial charge in [0.2, 0.25) is 0 Å². The van der Waals surface area contributed by atoms with Gasteiger partial charge in [-0.1, -0.05) is 13.8 Å². The van der Waals surface area contributed by atoms with E-state index in [4.69, 9.17) is 4.74 Å². The van der Waals surface area contributed by atoms with Gasteiger partial charge >= 0.3 is 6.09 Å². The van der Waals surface area contributed by atoms with Gasteiger partial charge in [-0.05, 0) is 39.0 Å². The first kappa shape index (κ1) is 14.0. The molecule has 1 heterocycles. The van der Waals surface area contributed by atoms with E-state index in [2.05, 4.69) is 13.8 Å². The number of carbonyl (C=O) groups is 2. The van der Waals surface area contributed by atoms with E-state index in [1.807, 2.05) is 20.8 Å². The van der Waals surface area contributed by atoms with Crippen LogP contribution < -0.4 is 0 Å². The Balaban J connectivity index is 2.71. The van der Waals surface area contributed by atoms with Gasteiger partial charge in [0.25, 0.3) is 0 Å². The molecule has 0 aromatic heterocycles. The molecular weight excluding hydrogens is 218 g/mol. The number of aldehydes is 1. The van der Waals surface area contributed by atoms with Crippen molar-refractivity contribution >= 4 is 12.4 Å². The lowest BCUT2D eigenvalue weighted by Gasteiger charge is -2.41. The predicted molar refractivity (Wildman–Crippen MR) is 65.8 cm³/mol. The van der Waals surface area contributed by atoms with Crippen LogP contribution in [-0.4, -0.2) is 35.5 Å². The molecule has 1 saturated heterocycles. The number of hydrogen-bond donors (Lipinski definition) is 0. The Morgan fingerprint density at radius 3 is 2.47 bits per heavy atom. The van der Waals surface area contributed by atoms with Crippen LogP contribution in [0.1, 0.15) is 47.5 Å². The third-order valence-electron chi connectivity index (χ3n) is 2.98. The van der Waals surface area contributed by atoms with Gasteiger partial charge in [0.15, 0.2) is 0 Å². The molecule has 0 N–H and O–H groups in total. The van der Waals surface area contributed by atoms with Gasteiger partial charge in [-0.3, -0.25) is 4.90 Å². The second-order valence-corrected chi connectivity index (χ2v) is 6.50. The van der Waals surface area contributed by atoms with Crippen molar-refractivity contribution in [1.29, 1.82) is 0 Å². The minimum Gasteiger partial charge on any atom is -0.444 e. The van der Waals surface area contributed by atoms with Crippen LogP contribution in [0.4, 0.5) is 4.79 Å². The Labute approximate surface area is 103 Å². The van der Waals surface area contributed by atoms with E-state index in [0.29, 0.717) is 13.0 Å². The minimum absolute atomic E-state index is 0.115. The Morgan fingerprint density at radius 1 is 1.41 bits per heavy atom. The summed E-state index contributed by atoms with van der Waals surface area (Å²) in [6, 6.07) is -0.353. The third kappa shape index (κ3) is 4.02. The molecule has 1 unspecified atom stereocenters. The summed E-state index contributed by atoms with van der Waals surface area (Å²) >= 11 is 0. The highest BCUT2D eigenvalue weighted by molar-refractivity contribution is 5.74. The van der Waals surface area contributed by atoms with Gasteiger partial charge in [-0.15, -0.1) is 0 Å². The Bertz CT molecular complexity index is 304. The highest BCUT2D eigenvalue weighted by Crippen LogP contribution is 2.33. The van der Waals surface area contributed by atoms with Crippen molar-refractivity contribution in [2.75, 3.05) is 6.54 Å². The molecule has 0 aromatic rings. The number of ether oxygens (including phenoxy) is 1. The van der Waals surface area contributed by atoms with Crippen molar-refractivity contribution in [3.63, 3.8) is 0 Å². The molecule has 0 bridgehead atoms. The summed E-state index contributed by atoms with van der Waals surface area (Å²) in [6.07, 6.45) is 2.07. The van der Waals surface area contributed by atoms with Crippen molar-refractivity contribution < 1.29 is 14.3 Å². The summed E-state index contributed by atoms with van der Waals surface area (Å²) in [7, 11) is 0. The maximum Gasteiger partial charge on any atom is 0.410 e. The second kappa shape index (κ2) is 4.67. The SMILES string of the molecule is CC1(C)CCN(C(=O)OC(C)(C)C)C(C=O)C1. The zero-order valence-electron chi connectivity index (χ0n) is 11.4. The van der Waals surface area contributed by atoms with Gasteiger partial charge in [0, 0.05) is 6.54 Å². The fraction of sp³-hybridized carbons (Fsp3) is 0.846. The molecule has 0 radical (unpaired) electrons. The Hall–Kier alpha value is -1.06. The van der Waals surface area contributed by atoms with Crippen LogP contribution in [0.3, 0.4) is 0 Å². The first-order chi connectivity index (χ1) is 7.64. The molecule has 0 aliphatic carbocycles. The molecule has 4 nitrogen and oxygen atoms in total. The van der Waals surface area contributed by atoms with Crippen LogP contribution in [0.25, 0.3) is 0 Å². The van der Waals surface area contributed by atoms with Crippen molar-refractivity contribution in [1.82, 2.24) is 4.90 Å². The molecule has 1 aliphatic rings. The monoisotopic (exact) mass is 241 g/mol. The van der Waals surface area contributed by atoms with Crippen LogP contribution in [0.5, 0.6) is 0 Å². The Kier molecular flexibility index (Phi) is 3.84. The van der Waals surface area contributed by atoms with Gasteiger partial charge in [-0.2, -0.15) is 0 Å². The smallest absolute Gasteiger partial charge is 0.410 e. The van der Waals surface area contributed by atoms with E-state index in [9.17, 15) is 9.59 Å². The molecule has 1 atom stereocenters. The van der Waals surface area contributed by atoms with Crippen LogP contribution >= 0.6 is 0 Å². The molecule has 0 aromatic carbocycles. The molecule has 1 rings (SSSR count). The fourth-order valence-corrected chi connectivity index (χ4v) is 2.04. The summed E-state index contributed by atoms with van der Waals surface area (Å²) < 4.78 is 5.31. The van der Waals surface area contributed by atoms with Crippen molar-refractivity contribution in [2.45, 2.75) is 59.1 Å². The number of rotatable bonds is 1. The Morgan fingerprint density at radius 2 is 2.00 bits per heavy atom. The maximum absolute atomic E-state index is 11.9. The van der Waals surface area contributed by atoms with E-state index in [0.717, 1.165) is 12.7 Å². The molecule has 1 fully saturated rings. The second-order valence-electron chi connectivity index (χ2n) is 6.50. The van der Waals surface area contributed by atoms with Gasteiger partial charge < -0.3 is 9.53 Å². The first-order valence-electron chi connectivity index (χ1n) is 6.09. The number of amides is 1. The van der Waals surface area contributed by atoms with Crippen LogP contribution in [0.2, 0.25) is 0 Å². The molecule has 1 amide bonds. The van der Waals surface area contributed by atoms with E-state index in [1.54, 1.807) is 4.90 Å². The highest BCUT2D eigenvalue weighted by atomic mass is 16.6. The number of piperidine rings is 1. The molecule has 1 aliphatic heterocycles. The van der Waals surface area contributed by atoms with E-state index >= 15 is 0 Å². The zero-order chi connectivity index (χ0) is 13.3. The minimum atomic E-state index is -0.516. The van der Waals surface area contributed by atoms with Gasteiger partial charge in [0.05, 0.1) is 6.04 Å². The average Bonchev–Trinajstić information content (AvgIpc) is 2.13. The molecular formula is C13H23NO3. The number of carbonyl (C=O) groups excluding carboxylic acids is 2. The molecule has 0 spiro atoms. The lowest BCUT2D eigenvalue weighted by molar-refractivity contribution is -0.115. The van der Waals surface area contributed by atoms with Crippen LogP contribution in [-0.2, 0) is 9.53 Å². The summed E-state index contributed by atoms with van der Waals surface area (Å²) in [6.45, 7) is 10.3. The molecule has 98 valence electrons. The molecule has 17 heavy (non-hydrogen) atoms. The van der Waals surface area contributed by atoms with Gasteiger partial charge in [0.1, 0.15) is 11.9 Å². The number of nitrogens with zero attached hydrogens (tertiary/aromatic N) is 1. The summed E-state index contributed by atoms with van der Waals surface area (Å²) in [5, 5.41) is 0. The number of likely N-dealkylation sites (tertiary alicyclic amines) is 1. The lowest BCUT2D eigenvalue weighted by Crippen LogP contribution is -2.50. The largest absolute Gasteiger partial charge is 0.444 e. The van der Waals surface area contributed by atoms with E-state index < -0.39 is 5.60 Å². The normalized spacial score (nSPS) is 24.3.